The Morgan fingerprint density at radius 2 is 2.06 bits per heavy atom. The van der Waals surface area contributed by atoms with Gasteiger partial charge in [-0.05, 0) is 18.2 Å². The molecule has 0 fully saturated rings. The van der Waals surface area contributed by atoms with Crippen LogP contribution in [0.2, 0.25) is 0 Å². The first-order valence-electron chi connectivity index (χ1n) is 5.56. The second kappa shape index (κ2) is 4.10. The van der Waals surface area contributed by atoms with Gasteiger partial charge < -0.3 is 9.30 Å². The lowest BCUT2D eigenvalue weighted by Crippen LogP contribution is -1.93. The quantitative estimate of drug-likeness (QED) is 0.687. The minimum atomic E-state index is 0.369. The van der Waals surface area contributed by atoms with Gasteiger partial charge in [0.15, 0.2) is 0 Å². The molecule has 0 N–H and O–H groups in total. The molecule has 0 atom stereocenters. The van der Waals surface area contributed by atoms with Gasteiger partial charge in [0.05, 0.1) is 30.2 Å². The summed E-state index contributed by atoms with van der Waals surface area (Å²) in [6.45, 7) is 0. The molecule has 0 radical (unpaired) electrons. The van der Waals surface area contributed by atoms with Gasteiger partial charge in [-0.1, -0.05) is 6.07 Å². The summed E-state index contributed by atoms with van der Waals surface area (Å²) in [4.78, 5) is 12.6. The van der Waals surface area contributed by atoms with Crippen LogP contribution in [0.5, 0.6) is 6.01 Å². The van der Waals surface area contributed by atoms with Gasteiger partial charge in [0, 0.05) is 18.8 Å². The lowest BCUT2D eigenvalue weighted by atomic mass is 10.1. The SMILES string of the molecule is COc1nccc(-c2ccc3c(c2)ncn3C)n1. The Morgan fingerprint density at radius 1 is 1.17 bits per heavy atom. The van der Waals surface area contributed by atoms with E-state index in [1.54, 1.807) is 19.6 Å². The van der Waals surface area contributed by atoms with Crippen molar-refractivity contribution < 1.29 is 4.74 Å². The molecule has 1 aromatic carbocycles. The molecule has 5 nitrogen and oxygen atoms in total. The fourth-order valence-electron chi connectivity index (χ4n) is 1.90. The summed E-state index contributed by atoms with van der Waals surface area (Å²) in [5, 5.41) is 0. The van der Waals surface area contributed by atoms with Gasteiger partial charge in [-0.25, -0.2) is 9.97 Å². The first-order valence-corrected chi connectivity index (χ1v) is 5.56. The smallest absolute Gasteiger partial charge is 0.316 e. The first kappa shape index (κ1) is 10.7. The average molecular weight is 240 g/mol. The highest BCUT2D eigenvalue weighted by Gasteiger charge is 2.05. The number of benzene rings is 1. The van der Waals surface area contributed by atoms with Crippen LogP contribution < -0.4 is 4.74 Å². The molecule has 0 aliphatic carbocycles. The fourth-order valence-corrected chi connectivity index (χ4v) is 1.90. The van der Waals surface area contributed by atoms with Crippen LogP contribution in [0.25, 0.3) is 22.3 Å². The Hall–Kier alpha value is -2.43. The predicted octanol–water partition coefficient (Wildman–Crippen LogP) is 2.04. The number of aryl methyl sites for hydroxylation is 1. The van der Waals surface area contributed by atoms with E-state index in [0.717, 1.165) is 22.3 Å². The van der Waals surface area contributed by atoms with Crippen molar-refractivity contribution in [3.63, 3.8) is 0 Å². The number of fused-ring (bicyclic) bond motifs is 1. The topological polar surface area (TPSA) is 52.8 Å². The maximum atomic E-state index is 5.03. The molecular formula is C13H12N4O. The highest BCUT2D eigenvalue weighted by atomic mass is 16.5. The average Bonchev–Trinajstić information content (AvgIpc) is 2.80. The molecular weight excluding hydrogens is 228 g/mol. The van der Waals surface area contributed by atoms with E-state index in [2.05, 4.69) is 15.0 Å². The van der Waals surface area contributed by atoms with E-state index in [1.807, 2.05) is 35.9 Å². The molecule has 3 rings (SSSR count). The maximum Gasteiger partial charge on any atom is 0.316 e. The number of hydrogen-bond donors (Lipinski definition) is 0. The Kier molecular flexibility index (Phi) is 2.44. The number of methoxy groups -OCH3 is 1. The maximum absolute atomic E-state index is 5.03. The summed E-state index contributed by atoms with van der Waals surface area (Å²) in [6, 6.07) is 8.29. The third-order valence-electron chi connectivity index (χ3n) is 2.84. The van der Waals surface area contributed by atoms with Crippen LogP contribution in [-0.2, 0) is 7.05 Å². The van der Waals surface area contributed by atoms with Crippen molar-refractivity contribution in [2.75, 3.05) is 7.11 Å². The van der Waals surface area contributed by atoms with Crippen molar-refractivity contribution in [1.29, 1.82) is 0 Å². The minimum Gasteiger partial charge on any atom is -0.467 e. The van der Waals surface area contributed by atoms with Crippen molar-refractivity contribution in [3.05, 3.63) is 36.8 Å². The van der Waals surface area contributed by atoms with Gasteiger partial charge in [0.25, 0.3) is 0 Å². The van der Waals surface area contributed by atoms with Crippen molar-refractivity contribution in [2.45, 2.75) is 0 Å². The normalized spacial score (nSPS) is 10.8. The zero-order chi connectivity index (χ0) is 12.5. The zero-order valence-electron chi connectivity index (χ0n) is 10.2. The second-order valence-corrected chi connectivity index (χ2v) is 3.99. The second-order valence-electron chi connectivity index (χ2n) is 3.99. The van der Waals surface area contributed by atoms with Gasteiger partial charge in [0.1, 0.15) is 0 Å². The van der Waals surface area contributed by atoms with Crippen LogP contribution in [0.3, 0.4) is 0 Å². The largest absolute Gasteiger partial charge is 0.467 e. The molecule has 0 bridgehead atoms. The lowest BCUT2D eigenvalue weighted by Gasteiger charge is -2.03. The molecule has 0 unspecified atom stereocenters. The monoisotopic (exact) mass is 240 g/mol. The number of rotatable bonds is 2. The third-order valence-corrected chi connectivity index (χ3v) is 2.84. The molecule has 5 heteroatoms. The zero-order valence-corrected chi connectivity index (χ0v) is 10.2. The number of imidazole rings is 1. The summed E-state index contributed by atoms with van der Waals surface area (Å²) in [5.74, 6) is 0. The number of hydrogen-bond acceptors (Lipinski definition) is 4. The Bertz CT molecular complexity index is 705. The Morgan fingerprint density at radius 3 is 2.89 bits per heavy atom. The summed E-state index contributed by atoms with van der Waals surface area (Å²) in [7, 11) is 3.53. The Labute approximate surface area is 104 Å². The fraction of sp³-hybridized carbons (Fsp3) is 0.154. The number of aromatic nitrogens is 4. The molecule has 0 saturated carbocycles. The van der Waals surface area contributed by atoms with Crippen LogP contribution in [0.1, 0.15) is 0 Å². The van der Waals surface area contributed by atoms with E-state index in [0.29, 0.717) is 6.01 Å². The van der Waals surface area contributed by atoms with E-state index in [4.69, 9.17) is 4.74 Å². The van der Waals surface area contributed by atoms with Gasteiger partial charge in [-0.15, -0.1) is 0 Å². The Balaban J connectivity index is 2.13. The van der Waals surface area contributed by atoms with Crippen molar-refractivity contribution in [3.8, 4) is 17.3 Å². The molecule has 90 valence electrons. The lowest BCUT2D eigenvalue weighted by molar-refractivity contribution is 0.380. The van der Waals surface area contributed by atoms with Crippen molar-refractivity contribution in [1.82, 2.24) is 19.5 Å². The molecule has 2 heterocycles. The molecule has 18 heavy (non-hydrogen) atoms. The van der Waals surface area contributed by atoms with Gasteiger partial charge in [-0.2, -0.15) is 4.98 Å². The molecule has 2 aromatic heterocycles. The van der Waals surface area contributed by atoms with Gasteiger partial charge in [0.2, 0.25) is 0 Å². The number of nitrogens with zero attached hydrogens (tertiary/aromatic N) is 4. The summed E-state index contributed by atoms with van der Waals surface area (Å²) < 4.78 is 7.01. The van der Waals surface area contributed by atoms with E-state index in [1.165, 1.54) is 0 Å². The van der Waals surface area contributed by atoms with Crippen LogP contribution >= 0.6 is 0 Å². The van der Waals surface area contributed by atoms with Gasteiger partial charge >= 0.3 is 6.01 Å². The molecule has 0 amide bonds. The minimum absolute atomic E-state index is 0.369. The highest BCUT2D eigenvalue weighted by Crippen LogP contribution is 2.22. The van der Waals surface area contributed by atoms with Crippen LogP contribution in [0.15, 0.2) is 36.8 Å². The van der Waals surface area contributed by atoms with E-state index in [9.17, 15) is 0 Å². The molecule has 0 aliphatic rings. The van der Waals surface area contributed by atoms with Crippen molar-refractivity contribution in [2.24, 2.45) is 7.05 Å². The number of ether oxygens (including phenoxy) is 1. The van der Waals surface area contributed by atoms with E-state index >= 15 is 0 Å². The van der Waals surface area contributed by atoms with Crippen LogP contribution in [-0.4, -0.2) is 26.6 Å². The standard InChI is InChI=1S/C13H12N4O/c1-17-8-15-11-7-9(3-4-12(11)17)10-5-6-14-13(16-10)18-2/h3-8H,1-2H3. The van der Waals surface area contributed by atoms with Crippen molar-refractivity contribution >= 4 is 11.0 Å². The summed E-state index contributed by atoms with van der Waals surface area (Å²) >= 11 is 0. The summed E-state index contributed by atoms with van der Waals surface area (Å²) in [6.07, 6.45) is 3.48. The first-order chi connectivity index (χ1) is 8.78. The van der Waals surface area contributed by atoms with E-state index < -0.39 is 0 Å². The molecule has 0 saturated heterocycles. The van der Waals surface area contributed by atoms with Crippen LogP contribution in [0.4, 0.5) is 0 Å². The highest BCUT2D eigenvalue weighted by molar-refractivity contribution is 5.81. The molecule has 3 aromatic rings. The summed E-state index contributed by atoms with van der Waals surface area (Å²) in [5.41, 5.74) is 3.88. The van der Waals surface area contributed by atoms with Gasteiger partial charge in [-0.3, -0.25) is 0 Å². The predicted molar refractivity (Wildman–Crippen MR) is 68.3 cm³/mol. The molecule has 0 spiro atoms. The molecule has 0 aliphatic heterocycles. The van der Waals surface area contributed by atoms with E-state index in [-0.39, 0.29) is 0 Å². The third kappa shape index (κ3) is 1.69. The van der Waals surface area contributed by atoms with Crippen LogP contribution in [0, 0.1) is 0 Å².